The number of rotatable bonds is 5. The average molecular weight is 373 g/mol. The fourth-order valence-electron chi connectivity index (χ4n) is 2.40. The van der Waals surface area contributed by atoms with Gasteiger partial charge in [-0.15, -0.1) is 0 Å². The van der Waals surface area contributed by atoms with Crippen molar-refractivity contribution in [1.82, 2.24) is 9.38 Å². The number of Topliss-reactive ketones (excluding diaryl/α,β-unsaturated/α-hetero) is 1. The van der Waals surface area contributed by atoms with Crippen LogP contribution in [0.1, 0.15) is 27.6 Å². The molecule has 0 unspecified atom stereocenters. The molecule has 8 nitrogen and oxygen atoms in total. The molecule has 0 amide bonds. The van der Waals surface area contributed by atoms with Gasteiger partial charge in [0.15, 0.2) is 5.78 Å². The highest BCUT2D eigenvalue weighted by Crippen LogP contribution is 2.20. The van der Waals surface area contributed by atoms with Crippen LogP contribution in [0.2, 0.25) is 0 Å². The molecule has 0 saturated heterocycles. The molecule has 3 rings (SSSR count). The van der Waals surface area contributed by atoms with E-state index in [1.807, 2.05) is 0 Å². The third kappa shape index (κ3) is 3.29. The third-order valence-electron chi connectivity index (χ3n) is 3.71. The van der Waals surface area contributed by atoms with Gasteiger partial charge in [-0.3, -0.25) is 9.52 Å². The standard InChI is InChI=1S/C17H15N3O5S/c1-11(21)12-3-6-14(7-4-12)19-26(23,24)16-15-8-5-13(17(22)25-2)9-20(15)10-18-16/h3-10,19H,1-2H3. The number of carbonyl (C=O) groups excluding carboxylic acids is 2. The Kier molecular flexibility index (Phi) is 4.47. The molecule has 0 aliphatic rings. The molecule has 0 fully saturated rings. The van der Waals surface area contributed by atoms with Crippen molar-refractivity contribution in [3.8, 4) is 0 Å². The van der Waals surface area contributed by atoms with Crippen molar-refractivity contribution in [3.05, 3.63) is 60.0 Å². The van der Waals surface area contributed by atoms with Crippen LogP contribution in [0.5, 0.6) is 0 Å². The van der Waals surface area contributed by atoms with Crippen LogP contribution >= 0.6 is 0 Å². The highest BCUT2D eigenvalue weighted by atomic mass is 32.2. The van der Waals surface area contributed by atoms with Crippen LogP contribution in [0.4, 0.5) is 5.69 Å². The van der Waals surface area contributed by atoms with Crippen molar-refractivity contribution < 1.29 is 22.7 Å². The van der Waals surface area contributed by atoms with Gasteiger partial charge >= 0.3 is 5.97 Å². The number of nitrogens with one attached hydrogen (secondary N) is 1. The second-order valence-electron chi connectivity index (χ2n) is 5.49. The number of nitrogens with zero attached hydrogens (tertiary/aromatic N) is 2. The molecule has 9 heteroatoms. The summed E-state index contributed by atoms with van der Waals surface area (Å²) in [7, 11) is -2.69. The first kappa shape index (κ1) is 17.6. The third-order valence-corrected chi connectivity index (χ3v) is 5.04. The number of methoxy groups -OCH3 is 1. The highest BCUT2D eigenvalue weighted by molar-refractivity contribution is 7.92. The monoisotopic (exact) mass is 373 g/mol. The number of benzene rings is 1. The van der Waals surface area contributed by atoms with Gasteiger partial charge in [-0.05, 0) is 43.3 Å². The summed E-state index contributed by atoms with van der Waals surface area (Å²) in [6.45, 7) is 1.43. The average Bonchev–Trinajstić information content (AvgIpc) is 3.05. The first-order valence-corrected chi connectivity index (χ1v) is 8.99. The molecule has 26 heavy (non-hydrogen) atoms. The Morgan fingerprint density at radius 3 is 2.35 bits per heavy atom. The van der Waals surface area contributed by atoms with Crippen molar-refractivity contribution in [1.29, 1.82) is 0 Å². The second kappa shape index (κ2) is 6.60. The largest absolute Gasteiger partial charge is 0.465 e. The van der Waals surface area contributed by atoms with Gasteiger partial charge in [0.25, 0.3) is 10.0 Å². The van der Waals surface area contributed by atoms with Crippen LogP contribution in [-0.4, -0.2) is 36.7 Å². The molecular weight excluding hydrogens is 358 g/mol. The molecule has 1 aromatic carbocycles. The van der Waals surface area contributed by atoms with Gasteiger partial charge in [-0.2, -0.15) is 8.42 Å². The van der Waals surface area contributed by atoms with Crippen LogP contribution in [-0.2, 0) is 14.8 Å². The molecule has 3 aromatic rings. The number of pyridine rings is 1. The van der Waals surface area contributed by atoms with Crippen molar-refractivity contribution >= 4 is 33.0 Å². The van der Waals surface area contributed by atoms with Gasteiger partial charge in [0.05, 0.1) is 18.2 Å². The second-order valence-corrected chi connectivity index (χ2v) is 7.09. The fraction of sp³-hybridized carbons (Fsp3) is 0.118. The van der Waals surface area contributed by atoms with E-state index in [4.69, 9.17) is 0 Å². The number of hydrogen-bond acceptors (Lipinski definition) is 6. The Bertz CT molecular complexity index is 1100. The molecule has 2 aromatic heterocycles. The van der Waals surface area contributed by atoms with Crippen molar-refractivity contribution in [2.75, 3.05) is 11.8 Å². The number of fused-ring (bicyclic) bond motifs is 1. The summed E-state index contributed by atoms with van der Waals surface area (Å²) in [5.74, 6) is -0.644. The maximum Gasteiger partial charge on any atom is 0.339 e. The van der Waals surface area contributed by atoms with Crippen LogP contribution in [0.3, 0.4) is 0 Å². The van der Waals surface area contributed by atoms with Crippen molar-refractivity contribution in [3.63, 3.8) is 0 Å². The quantitative estimate of drug-likeness (QED) is 0.542. The number of sulfonamides is 1. The first-order chi connectivity index (χ1) is 12.3. The smallest absolute Gasteiger partial charge is 0.339 e. The van der Waals surface area contributed by atoms with E-state index in [-0.39, 0.29) is 16.4 Å². The first-order valence-electron chi connectivity index (χ1n) is 7.50. The maximum atomic E-state index is 12.6. The molecular formula is C17H15N3O5S. The summed E-state index contributed by atoms with van der Waals surface area (Å²) in [6, 6.07) is 9.02. The Hall–Kier alpha value is -3.20. The van der Waals surface area contributed by atoms with Crippen molar-refractivity contribution in [2.45, 2.75) is 11.9 Å². The number of aromatic nitrogens is 2. The summed E-state index contributed by atoms with van der Waals surface area (Å²) >= 11 is 0. The summed E-state index contributed by atoms with van der Waals surface area (Å²) in [4.78, 5) is 26.8. The minimum Gasteiger partial charge on any atom is -0.465 e. The topological polar surface area (TPSA) is 107 Å². The maximum absolute atomic E-state index is 12.6. The van der Waals surface area contributed by atoms with Crippen LogP contribution in [0.25, 0.3) is 5.52 Å². The van der Waals surface area contributed by atoms with E-state index in [0.29, 0.717) is 16.8 Å². The Morgan fingerprint density at radius 1 is 1.08 bits per heavy atom. The minimum absolute atomic E-state index is 0.110. The van der Waals surface area contributed by atoms with E-state index in [0.717, 1.165) is 0 Å². The van der Waals surface area contributed by atoms with E-state index in [9.17, 15) is 18.0 Å². The number of esters is 1. The van der Waals surface area contributed by atoms with Crippen molar-refractivity contribution in [2.24, 2.45) is 0 Å². The normalized spacial score (nSPS) is 11.3. The van der Waals surface area contributed by atoms with Gasteiger partial charge in [0.2, 0.25) is 5.03 Å². The molecule has 0 radical (unpaired) electrons. The fourth-order valence-corrected chi connectivity index (χ4v) is 3.58. The van der Waals surface area contributed by atoms with Crippen LogP contribution < -0.4 is 4.72 Å². The molecule has 2 heterocycles. The van der Waals surface area contributed by atoms with E-state index in [1.165, 1.54) is 67.4 Å². The number of ketones is 1. The summed E-state index contributed by atoms with van der Waals surface area (Å²) < 4.78 is 33.7. The van der Waals surface area contributed by atoms with Gasteiger partial charge in [0, 0.05) is 17.4 Å². The number of anilines is 1. The highest BCUT2D eigenvalue weighted by Gasteiger charge is 2.21. The molecule has 0 bridgehead atoms. The van der Waals surface area contributed by atoms with Gasteiger partial charge < -0.3 is 9.14 Å². The summed E-state index contributed by atoms with van der Waals surface area (Å²) in [5, 5.41) is -0.176. The van der Waals surface area contributed by atoms with E-state index in [1.54, 1.807) is 0 Å². The number of carbonyl (C=O) groups is 2. The van der Waals surface area contributed by atoms with Crippen LogP contribution in [0.15, 0.2) is 53.9 Å². The zero-order valence-corrected chi connectivity index (χ0v) is 14.8. The molecule has 0 aliphatic carbocycles. The number of ether oxygens (including phenoxy) is 1. The van der Waals surface area contributed by atoms with E-state index >= 15 is 0 Å². The molecule has 134 valence electrons. The molecule has 0 saturated carbocycles. The van der Waals surface area contributed by atoms with Gasteiger partial charge in [-0.1, -0.05) is 0 Å². The minimum atomic E-state index is -3.95. The zero-order valence-electron chi connectivity index (χ0n) is 14.0. The molecule has 1 N–H and O–H groups in total. The Balaban J connectivity index is 1.94. The predicted molar refractivity (Wildman–Crippen MR) is 93.8 cm³/mol. The summed E-state index contributed by atoms with van der Waals surface area (Å²) in [6.07, 6.45) is 2.74. The number of imidazole rings is 1. The number of hydrogen-bond donors (Lipinski definition) is 1. The van der Waals surface area contributed by atoms with E-state index in [2.05, 4.69) is 14.4 Å². The summed E-state index contributed by atoms with van der Waals surface area (Å²) in [5.41, 5.74) is 1.37. The zero-order chi connectivity index (χ0) is 18.9. The molecule has 0 aliphatic heterocycles. The van der Waals surface area contributed by atoms with Gasteiger partial charge in [-0.25, -0.2) is 9.78 Å². The molecule has 0 atom stereocenters. The van der Waals surface area contributed by atoms with E-state index < -0.39 is 16.0 Å². The Labute approximate surface area is 149 Å². The molecule has 0 spiro atoms. The lowest BCUT2D eigenvalue weighted by molar-refractivity contribution is 0.0600. The lowest BCUT2D eigenvalue weighted by Gasteiger charge is -2.07. The lowest BCUT2D eigenvalue weighted by Crippen LogP contribution is -2.14. The van der Waals surface area contributed by atoms with Gasteiger partial charge in [0.1, 0.15) is 6.33 Å². The predicted octanol–water partition coefficient (Wildman–Crippen LogP) is 2.12. The SMILES string of the molecule is COC(=O)c1ccc2c(S(=O)(=O)Nc3ccc(C(C)=O)cc3)ncn2c1. The lowest BCUT2D eigenvalue weighted by atomic mass is 10.1. The Morgan fingerprint density at radius 2 is 1.73 bits per heavy atom. The van der Waals surface area contributed by atoms with Crippen LogP contribution in [0, 0.1) is 0 Å².